The van der Waals surface area contributed by atoms with E-state index >= 15 is 0 Å². The number of aliphatic hydroxyl groups is 1. The van der Waals surface area contributed by atoms with Crippen molar-refractivity contribution in [3.05, 3.63) is 0 Å². The van der Waals surface area contributed by atoms with Gasteiger partial charge in [-0.2, -0.15) is 0 Å². The van der Waals surface area contributed by atoms with Crippen molar-refractivity contribution in [3.8, 4) is 0 Å². The topological polar surface area (TPSA) is 77.4 Å². The maximum Gasteiger partial charge on any atom is 1.00 e. The Labute approximate surface area is 192 Å². The smallest absolute Gasteiger partial charge is 0.748 e. The Bertz CT molecular complexity index is 360. The monoisotopic (exact) mass is 388 g/mol. The molecule has 2 atom stereocenters. The number of unbranched alkanes of at least 4 members (excludes halogenated alkanes) is 7. The van der Waals surface area contributed by atoms with Crippen LogP contribution in [0.3, 0.4) is 0 Å². The van der Waals surface area contributed by atoms with Gasteiger partial charge < -0.3 is 9.66 Å². The van der Waals surface area contributed by atoms with Crippen LogP contribution in [0.4, 0.5) is 0 Å². The van der Waals surface area contributed by atoms with Gasteiger partial charge in [0, 0.05) is 5.25 Å². The van der Waals surface area contributed by atoms with Crippen LogP contribution in [0, 0.1) is 0 Å². The first-order chi connectivity index (χ1) is 10.9. The Morgan fingerprint density at radius 1 is 0.750 bits per heavy atom. The molecule has 24 heavy (non-hydrogen) atoms. The Morgan fingerprint density at radius 3 is 1.71 bits per heavy atom. The van der Waals surface area contributed by atoms with E-state index in [4.69, 9.17) is 0 Å². The molecule has 0 aromatic rings. The molecular formula is C18H37KO4S. The van der Waals surface area contributed by atoms with Crippen molar-refractivity contribution in [3.63, 3.8) is 0 Å². The van der Waals surface area contributed by atoms with Gasteiger partial charge in [0.15, 0.2) is 0 Å². The van der Waals surface area contributed by atoms with Crippen LogP contribution in [0.1, 0.15) is 104 Å². The maximum absolute atomic E-state index is 11.4. The summed E-state index contributed by atoms with van der Waals surface area (Å²) in [6.07, 6.45) is 12.5. The van der Waals surface area contributed by atoms with Gasteiger partial charge in [0.25, 0.3) is 0 Å². The largest absolute Gasteiger partial charge is 1.00 e. The van der Waals surface area contributed by atoms with Gasteiger partial charge in [-0.15, -0.1) is 0 Å². The van der Waals surface area contributed by atoms with Crippen LogP contribution in [-0.4, -0.2) is 29.4 Å². The summed E-state index contributed by atoms with van der Waals surface area (Å²) >= 11 is 0. The molecular weight excluding hydrogens is 351 g/mol. The van der Waals surface area contributed by atoms with Gasteiger partial charge >= 0.3 is 51.4 Å². The van der Waals surface area contributed by atoms with Crippen LogP contribution < -0.4 is 51.4 Å². The summed E-state index contributed by atoms with van der Waals surface area (Å²) in [5, 5.41) is 8.92. The molecule has 0 aliphatic rings. The quantitative estimate of drug-likeness (QED) is 0.248. The molecule has 6 heteroatoms. The Kier molecular flexibility index (Phi) is 20.7. The third-order valence-corrected chi connectivity index (χ3v) is 5.76. The molecule has 0 aromatic carbocycles. The molecule has 0 bridgehead atoms. The molecule has 2 unspecified atom stereocenters. The summed E-state index contributed by atoms with van der Waals surface area (Å²) in [5.74, 6) is 0. The fraction of sp³-hybridized carbons (Fsp3) is 1.00. The summed E-state index contributed by atoms with van der Waals surface area (Å²) in [6.45, 7) is 4.22. The minimum atomic E-state index is -4.19. The van der Waals surface area contributed by atoms with Gasteiger partial charge in [-0.3, -0.25) is 0 Å². The van der Waals surface area contributed by atoms with Gasteiger partial charge in [-0.25, -0.2) is 8.42 Å². The normalized spacial score (nSPS) is 14.2. The van der Waals surface area contributed by atoms with Gasteiger partial charge in [0.2, 0.25) is 0 Å². The zero-order valence-electron chi connectivity index (χ0n) is 16.1. The van der Waals surface area contributed by atoms with Crippen molar-refractivity contribution >= 4 is 10.1 Å². The summed E-state index contributed by atoms with van der Waals surface area (Å²) in [5.41, 5.74) is 0. The standard InChI is InChI=1S/C18H38O4S.K/c1-3-5-6-7-8-9-10-15-18(23(20,21)22)16-12-11-14-17(19)13-4-2;/h17-19H,3-16H2,1-2H3,(H,20,21,22);/q;+1/p-1. The van der Waals surface area contributed by atoms with Gasteiger partial charge in [0.1, 0.15) is 0 Å². The van der Waals surface area contributed by atoms with E-state index in [1.54, 1.807) is 0 Å². The second-order valence-electron chi connectivity index (χ2n) is 6.75. The average molecular weight is 389 g/mol. The van der Waals surface area contributed by atoms with E-state index in [1.807, 2.05) is 6.92 Å². The molecule has 0 aliphatic carbocycles. The second-order valence-corrected chi connectivity index (χ2v) is 8.40. The van der Waals surface area contributed by atoms with Crippen LogP contribution in [0.15, 0.2) is 0 Å². The predicted molar refractivity (Wildman–Crippen MR) is 95.5 cm³/mol. The molecule has 0 rings (SSSR count). The minimum absolute atomic E-state index is 0. The maximum atomic E-state index is 11.4. The van der Waals surface area contributed by atoms with E-state index in [-0.39, 0.29) is 57.5 Å². The van der Waals surface area contributed by atoms with E-state index in [0.717, 1.165) is 38.5 Å². The van der Waals surface area contributed by atoms with Crippen molar-refractivity contribution < 1.29 is 69.5 Å². The summed E-state index contributed by atoms with van der Waals surface area (Å²) in [6, 6.07) is 0. The van der Waals surface area contributed by atoms with E-state index in [0.29, 0.717) is 25.7 Å². The van der Waals surface area contributed by atoms with Gasteiger partial charge in [0.05, 0.1) is 16.2 Å². The molecule has 0 fully saturated rings. The number of hydrogen-bond acceptors (Lipinski definition) is 4. The van der Waals surface area contributed by atoms with Crippen molar-refractivity contribution in [2.75, 3.05) is 0 Å². The van der Waals surface area contributed by atoms with E-state index in [1.165, 1.54) is 25.7 Å². The van der Waals surface area contributed by atoms with E-state index < -0.39 is 15.4 Å². The Balaban J connectivity index is 0. The van der Waals surface area contributed by atoms with Crippen LogP contribution in [0.2, 0.25) is 0 Å². The molecule has 0 saturated carbocycles. The first kappa shape index (κ1) is 27.7. The number of aliphatic hydroxyl groups excluding tert-OH is 1. The second kappa shape index (κ2) is 17.9. The van der Waals surface area contributed by atoms with Crippen molar-refractivity contribution in [2.24, 2.45) is 0 Å². The molecule has 0 heterocycles. The molecule has 0 aromatic heterocycles. The molecule has 0 radical (unpaired) electrons. The molecule has 1 N–H and O–H groups in total. The van der Waals surface area contributed by atoms with E-state index in [9.17, 15) is 18.1 Å². The minimum Gasteiger partial charge on any atom is -0.748 e. The van der Waals surface area contributed by atoms with Crippen LogP contribution in [0.5, 0.6) is 0 Å². The zero-order valence-corrected chi connectivity index (χ0v) is 20.1. The fourth-order valence-electron chi connectivity index (χ4n) is 2.99. The first-order valence-electron chi connectivity index (χ1n) is 9.54. The van der Waals surface area contributed by atoms with Crippen LogP contribution >= 0.6 is 0 Å². The molecule has 0 amide bonds. The van der Waals surface area contributed by atoms with Crippen LogP contribution in [-0.2, 0) is 10.1 Å². The van der Waals surface area contributed by atoms with Crippen molar-refractivity contribution in [2.45, 2.75) is 115 Å². The predicted octanol–water partition coefficient (Wildman–Crippen LogP) is 1.77. The summed E-state index contributed by atoms with van der Waals surface area (Å²) in [7, 11) is -4.19. The average Bonchev–Trinajstić information content (AvgIpc) is 2.47. The Morgan fingerprint density at radius 2 is 1.21 bits per heavy atom. The molecule has 4 nitrogen and oxygen atoms in total. The molecule has 0 aliphatic heterocycles. The first-order valence-corrected chi connectivity index (χ1v) is 11.0. The Hall–Kier alpha value is 1.51. The molecule has 0 spiro atoms. The van der Waals surface area contributed by atoms with Gasteiger partial charge in [-0.05, 0) is 25.7 Å². The molecule has 140 valence electrons. The SMILES string of the molecule is CCCCCCCCCC(CCCCC(O)CCC)S(=O)(=O)[O-].[K+]. The fourth-order valence-corrected chi connectivity index (χ4v) is 3.90. The van der Waals surface area contributed by atoms with E-state index in [2.05, 4.69) is 6.92 Å². The van der Waals surface area contributed by atoms with Crippen LogP contribution in [0.25, 0.3) is 0 Å². The molecule has 0 saturated heterocycles. The number of rotatable bonds is 16. The van der Waals surface area contributed by atoms with Crippen molar-refractivity contribution in [1.29, 1.82) is 0 Å². The van der Waals surface area contributed by atoms with Gasteiger partial charge in [-0.1, -0.05) is 78.1 Å². The summed E-state index contributed by atoms with van der Waals surface area (Å²) < 4.78 is 34.1. The third-order valence-electron chi connectivity index (χ3n) is 4.47. The summed E-state index contributed by atoms with van der Waals surface area (Å²) in [4.78, 5) is 0. The number of hydrogen-bond donors (Lipinski definition) is 1. The third kappa shape index (κ3) is 16.9. The zero-order chi connectivity index (χ0) is 17.6. The van der Waals surface area contributed by atoms with Crippen molar-refractivity contribution in [1.82, 2.24) is 0 Å².